The van der Waals surface area contributed by atoms with Crippen molar-refractivity contribution in [2.75, 3.05) is 23.8 Å². The van der Waals surface area contributed by atoms with Crippen LogP contribution in [0, 0.1) is 0 Å². The molecule has 1 unspecified atom stereocenters. The van der Waals surface area contributed by atoms with Crippen molar-refractivity contribution in [3.8, 4) is 5.75 Å². The van der Waals surface area contributed by atoms with Crippen molar-refractivity contribution >= 4 is 28.6 Å². The number of anilines is 3. The predicted molar refractivity (Wildman–Crippen MR) is 95.6 cm³/mol. The van der Waals surface area contributed by atoms with Crippen LogP contribution in [0.5, 0.6) is 5.75 Å². The second kappa shape index (κ2) is 7.50. The van der Waals surface area contributed by atoms with Gasteiger partial charge in [-0.15, -0.1) is 13.2 Å². The van der Waals surface area contributed by atoms with Crippen LogP contribution < -0.4 is 15.4 Å². The average Bonchev–Trinajstić information content (AvgIpc) is 3.31. The second-order valence-electron chi connectivity index (χ2n) is 6.21. The molecule has 28 heavy (non-hydrogen) atoms. The lowest BCUT2D eigenvalue weighted by Gasteiger charge is -2.13. The largest absolute Gasteiger partial charge is 0.573 e. The van der Waals surface area contributed by atoms with E-state index in [0.717, 1.165) is 19.4 Å². The first kappa shape index (κ1) is 18.3. The Labute approximate surface area is 157 Å². The van der Waals surface area contributed by atoms with E-state index in [1.54, 1.807) is 0 Å². The van der Waals surface area contributed by atoms with Gasteiger partial charge in [0, 0.05) is 18.8 Å². The van der Waals surface area contributed by atoms with E-state index in [9.17, 15) is 13.2 Å². The molecule has 4 rings (SSSR count). The van der Waals surface area contributed by atoms with Crippen LogP contribution in [0.1, 0.15) is 12.8 Å². The maximum Gasteiger partial charge on any atom is 0.573 e. The van der Waals surface area contributed by atoms with Crippen molar-refractivity contribution < 1.29 is 22.6 Å². The van der Waals surface area contributed by atoms with E-state index in [2.05, 4.69) is 35.3 Å². The number of imidazole rings is 1. The zero-order valence-electron chi connectivity index (χ0n) is 14.6. The van der Waals surface area contributed by atoms with Crippen molar-refractivity contribution in [2.24, 2.45) is 0 Å². The van der Waals surface area contributed by atoms with Crippen molar-refractivity contribution in [3.63, 3.8) is 0 Å². The molecule has 8 nitrogen and oxygen atoms in total. The van der Waals surface area contributed by atoms with Crippen molar-refractivity contribution in [3.05, 3.63) is 30.6 Å². The van der Waals surface area contributed by atoms with Gasteiger partial charge in [-0.1, -0.05) is 0 Å². The van der Waals surface area contributed by atoms with Gasteiger partial charge < -0.3 is 25.1 Å². The molecule has 0 radical (unpaired) electrons. The topological polar surface area (TPSA) is 97.0 Å². The Morgan fingerprint density at radius 2 is 2.04 bits per heavy atom. The predicted octanol–water partition coefficient (Wildman–Crippen LogP) is 3.59. The Hall–Kier alpha value is -3.08. The van der Waals surface area contributed by atoms with Gasteiger partial charge in [0.25, 0.3) is 0 Å². The van der Waals surface area contributed by atoms with Gasteiger partial charge in [0.05, 0.1) is 12.4 Å². The van der Waals surface area contributed by atoms with Gasteiger partial charge in [0.2, 0.25) is 5.95 Å². The van der Waals surface area contributed by atoms with Crippen LogP contribution in [0.4, 0.5) is 30.6 Å². The third-order valence-electron chi connectivity index (χ3n) is 4.15. The molecule has 3 N–H and O–H groups in total. The van der Waals surface area contributed by atoms with Gasteiger partial charge in [-0.2, -0.15) is 9.97 Å². The minimum Gasteiger partial charge on any atom is -0.406 e. The molecule has 0 aliphatic carbocycles. The number of aromatic amines is 1. The van der Waals surface area contributed by atoms with Gasteiger partial charge in [0.1, 0.15) is 11.3 Å². The summed E-state index contributed by atoms with van der Waals surface area (Å²) in [5.41, 5.74) is 1.64. The first-order valence-corrected chi connectivity index (χ1v) is 8.66. The van der Waals surface area contributed by atoms with E-state index >= 15 is 0 Å². The first-order valence-electron chi connectivity index (χ1n) is 8.66. The molecule has 0 bridgehead atoms. The number of aromatic nitrogens is 4. The average molecular weight is 394 g/mol. The van der Waals surface area contributed by atoms with Crippen LogP contribution in [-0.2, 0) is 4.74 Å². The monoisotopic (exact) mass is 394 g/mol. The van der Waals surface area contributed by atoms with Crippen LogP contribution in [0.3, 0.4) is 0 Å². The number of alkyl halides is 3. The van der Waals surface area contributed by atoms with Crippen LogP contribution in [0.15, 0.2) is 30.6 Å². The number of hydrogen-bond donors (Lipinski definition) is 3. The quantitative estimate of drug-likeness (QED) is 0.588. The molecule has 2 aromatic heterocycles. The number of H-pyrrole nitrogens is 1. The Kier molecular flexibility index (Phi) is 4.90. The van der Waals surface area contributed by atoms with E-state index in [1.165, 1.54) is 30.6 Å². The fraction of sp³-hybridized carbons (Fsp3) is 0.353. The zero-order valence-corrected chi connectivity index (χ0v) is 14.6. The number of fused-ring (bicyclic) bond motifs is 1. The molecule has 148 valence electrons. The molecule has 1 atom stereocenters. The third kappa shape index (κ3) is 4.42. The fourth-order valence-corrected chi connectivity index (χ4v) is 2.90. The van der Waals surface area contributed by atoms with Gasteiger partial charge in [0.15, 0.2) is 11.5 Å². The summed E-state index contributed by atoms with van der Waals surface area (Å²) in [6.45, 7) is 1.37. The Morgan fingerprint density at radius 3 is 2.75 bits per heavy atom. The lowest BCUT2D eigenvalue weighted by Crippen LogP contribution is -2.19. The van der Waals surface area contributed by atoms with Gasteiger partial charge >= 0.3 is 6.36 Å². The lowest BCUT2D eigenvalue weighted by atomic mass is 10.2. The fourth-order valence-electron chi connectivity index (χ4n) is 2.90. The zero-order chi connectivity index (χ0) is 19.6. The molecular weight excluding hydrogens is 377 g/mol. The number of benzene rings is 1. The van der Waals surface area contributed by atoms with Gasteiger partial charge in [-0.3, -0.25) is 0 Å². The summed E-state index contributed by atoms with van der Waals surface area (Å²) < 4.78 is 46.2. The maximum absolute atomic E-state index is 12.3. The maximum atomic E-state index is 12.3. The molecule has 1 aliphatic rings. The molecule has 1 aromatic carbocycles. The van der Waals surface area contributed by atoms with Crippen molar-refractivity contribution in [1.29, 1.82) is 0 Å². The molecule has 0 amide bonds. The highest BCUT2D eigenvalue weighted by Gasteiger charge is 2.31. The number of halogens is 3. The molecule has 3 aromatic rings. The lowest BCUT2D eigenvalue weighted by molar-refractivity contribution is -0.274. The second-order valence-corrected chi connectivity index (χ2v) is 6.21. The van der Waals surface area contributed by atoms with Gasteiger partial charge in [-0.25, -0.2) is 4.98 Å². The smallest absolute Gasteiger partial charge is 0.406 e. The van der Waals surface area contributed by atoms with Gasteiger partial charge in [-0.05, 0) is 37.1 Å². The van der Waals surface area contributed by atoms with E-state index in [4.69, 9.17) is 4.74 Å². The highest BCUT2D eigenvalue weighted by Crippen LogP contribution is 2.26. The number of rotatable bonds is 6. The summed E-state index contributed by atoms with van der Waals surface area (Å²) in [7, 11) is 0. The highest BCUT2D eigenvalue weighted by atomic mass is 19.4. The molecule has 1 fully saturated rings. The summed E-state index contributed by atoms with van der Waals surface area (Å²) >= 11 is 0. The molecule has 3 heterocycles. The summed E-state index contributed by atoms with van der Waals surface area (Å²) in [6.07, 6.45) is -1.06. The molecule has 0 saturated carbocycles. The molecular formula is C17H17F3N6O2. The van der Waals surface area contributed by atoms with Crippen LogP contribution >= 0.6 is 0 Å². The number of nitrogens with one attached hydrogen (secondary N) is 3. The van der Waals surface area contributed by atoms with E-state index < -0.39 is 6.36 Å². The van der Waals surface area contributed by atoms with E-state index in [-0.39, 0.29) is 17.8 Å². The van der Waals surface area contributed by atoms with Crippen molar-refractivity contribution in [2.45, 2.75) is 25.3 Å². The van der Waals surface area contributed by atoms with Crippen LogP contribution in [0.25, 0.3) is 11.2 Å². The standard InChI is InChI=1S/C17H17F3N6O2/c18-17(19,20)28-11-5-3-10(4-6-11)24-16-25-14(13-15(26-16)23-9-22-13)21-8-12-2-1-7-27-12/h3-6,9,12H,1-2,7-8H2,(H3,21,22,23,24,25,26). The molecule has 11 heteroatoms. The Bertz CT molecular complexity index is 938. The first-order chi connectivity index (χ1) is 13.5. The van der Waals surface area contributed by atoms with Crippen molar-refractivity contribution in [1.82, 2.24) is 19.9 Å². The minimum absolute atomic E-state index is 0.130. The Morgan fingerprint density at radius 1 is 1.21 bits per heavy atom. The minimum atomic E-state index is -4.73. The van der Waals surface area contributed by atoms with Crippen LogP contribution in [-0.4, -0.2) is 45.6 Å². The normalized spacial score (nSPS) is 17.0. The molecule has 1 aliphatic heterocycles. The molecule has 1 saturated heterocycles. The Balaban J connectivity index is 1.50. The molecule has 0 spiro atoms. The SMILES string of the molecule is FC(F)(F)Oc1ccc(Nc2nc(NCC3CCCO3)c3[nH]cnc3n2)cc1. The number of nitrogens with zero attached hydrogens (tertiary/aromatic N) is 3. The summed E-state index contributed by atoms with van der Waals surface area (Å²) in [5.74, 6) is 0.525. The summed E-state index contributed by atoms with van der Waals surface area (Å²) in [5, 5.41) is 6.20. The summed E-state index contributed by atoms with van der Waals surface area (Å²) in [6, 6.07) is 5.30. The van der Waals surface area contributed by atoms with Crippen LogP contribution in [0.2, 0.25) is 0 Å². The number of hydrogen-bond acceptors (Lipinski definition) is 7. The van der Waals surface area contributed by atoms with E-state index in [1.807, 2.05) is 0 Å². The summed E-state index contributed by atoms with van der Waals surface area (Å²) in [4.78, 5) is 15.9. The highest BCUT2D eigenvalue weighted by molar-refractivity contribution is 5.84. The number of ether oxygens (including phenoxy) is 2. The van der Waals surface area contributed by atoms with E-state index in [0.29, 0.717) is 29.2 Å². The third-order valence-corrected chi connectivity index (χ3v) is 4.15.